The van der Waals surface area contributed by atoms with E-state index >= 15 is 0 Å². The van der Waals surface area contributed by atoms with E-state index in [4.69, 9.17) is 33.2 Å². The van der Waals surface area contributed by atoms with Gasteiger partial charge in [0, 0.05) is 17.7 Å². The number of carbonyl (C=O) groups excluding carboxylic acids is 2. The topological polar surface area (TPSA) is 98.8 Å². The number of rotatable bonds is 17. The van der Waals surface area contributed by atoms with Gasteiger partial charge < -0.3 is 33.2 Å². The minimum atomic E-state index is -0.646. The van der Waals surface area contributed by atoms with Gasteiger partial charge in [0.1, 0.15) is 0 Å². The molecular weight excluding hydrogens is 516 g/mol. The lowest BCUT2D eigenvalue weighted by atomic mass is 9.91. The Kier molecular flexibility index (Phi) is 12.9. The summed E-state index contributed by atoms with van der Waals surface area (Å²) in [5, 5.41) is 0. The Morgan fingerprint density at radius 2 is 1.20 bits per heavy atom. The van der Waals surface area contributed by atoms with E-state index in [1.54, 1.807) is 12.1 Å². The number of hydrogen-bond donors (Lipinski definition) is 0. The van der Waals surface area contributed by atoms with Crippen molar-refractivity contribution in [2.24, 2.45) is 0 Å². The third kappa shape index (κ3) is 7.94. The molecule has 0 aliphatic heterocycles. The Bertz CT molecular complexity index is 1190. The second-order valence-corrected chi connectivity index (χ2v) is 8.35. The molecule has 9 nitrogen and oxygen atoms in total. The highest BCUT2D eigenvalue weighted by Gasteiger charge is 2.28. The summed E-state index contributed by atoms with van der Waals surface area (Å²) in [6, 6.07) is 5.32. The zero-order valence-corrected chi connectivity index (χ0v) is 24.3. The fourth-order valence-corrected chi connectivity index (χ4v) is 4.05. The molecule has 40 heavy (non-hydrogen) atoms. The molecule has 0 saturated heterocycles. The highest BCUT2D eigenvalue weighted by molar-refractivity contribution is 5.85. The van der Waals surface area contributed by atoms with E-state index in [1.165, 1.54) is 0 Å². The minimum absolute atomic E-state index is 0.134. The van der Waals surface area contributed by atoms with Crippen molar-refractivity contribution in [3.05, 3.63) is 54.6 Å². The Morgan fingerprint density at radius 3 is 1.77 bits per heavy atom. The lowest BCUT2D eigenvalue weighted by molar-refractivity contribution is -0.130. The summed E-state index contributed by atoms with van der Waals surface area (Å²) in [5.41, 5.74) is 1.62. The molecule has 0 heterocycles. The lowest BCUT2D eigenvalue weighted by Crippen LogP contribution is -2.12. The second kappa shape index (κ2) is 16.1. The molecule has 2 aromatic rings. The van der Waals surface area contributed by atoms with Gasteiger partial charge in [-0.25, -0.2) is 9.59 Å². The molecule has 0 aromatic heterocycles. The summed E-state index contributed by atoms with van der Waals surface area (Å²) in [7, 11) is 0. The standard InChI is InChI=1S/C31H40O9/c1-9-25(32)39-23-17-16-21(27(35-12-4)29(23)37-14-6)18-20(8)22-19-24(34-11-3)30(40-26(33)10-2)31(38-15-7)28(22)36-13-5/h9-10,16-17,19-20H,1-2,11-15,18H2,3-8H3. The van der Waals surface area contributed by atoms with Gasteiger partial charge in [-0.15, -0.1) is 0 Å². The van der Waals surface area contributed by atoms with E-state index in [9.17, 15) is 9.59 Å². The number of hydrogen-bond acceptors (Lipinski definition) is 9. The third-order valence-corrected chi connectivity index (χ3v) is 5.60. The summed E-state index contributed by atoms with van der Waals surface area (Å²) in [5.74, 6) is 0.869. The Balaban J connectivity index is 2.70. The van der Waals surface area contributed by atoms with Crippen molar-refractivity contribution in [1.82, 2.24) is 0 Å². The van der Waals surface area contributed by atoms with E-state index in [1.807, 2.05) is 47.6 Å². The predicted molar refractivity (Wildman–Crippen MR) is 153 cm³/mol. The van der Waals surface area contributed by atoms with Crippen LogP contribution in [0.4, 0.5) is 0 Å². The van der Waals surface area contributed by atoms with Crippen molar-refractivity contribution in [3.63, 3.8) is 0 Å². The van der Waals surface area contributed by atoms with Gasteiger partial charge in [-0.1, -0.05) is 26.1 Å². The van der Waals surface area contributed by atoms with Gasteiger partial charge in [0.15, 0.2) is 23.0 Å². The molecule has 2 rings (SSSR count). The van der Waals surface area contributed by atoms with Crippen molar-refractivity contribution in [3.8, 4) is 40.2 Å². The van der Waals surface area contributed by atoms with Crippen LogP contribution in [0.1, 0.15) is 58.6 Å². The Morgan fingerprint density at radius 1 is 0.675 bits per heavy atom. The molecule has 0 aliphatic carbocycles. The zero-order valence-electron chi connectivity index (χ0n) is 24.3. The molecule has 1 unspecified atom stereocenters. The molecule has 0 N–H and O–H groups in total. The molecule has 0 bridgehead atoms. The summed E-state index contributed by atoms with van der Waals surface area (Å²) in [6.45, 7) is 19.9. The SMILES string of the molecule is C=CC(=O)Oc1ccc(CC(C)c2cc(OCC)c(OC(=O)C=C)c(OCC)c2OCC)c(OCC)c1OCC. The molecule has 0 spiro atoms. The maximum atomic E-state index is 12.2. The van der Waals surface area contributed by atoms with Crippen LogP contribution in [0.15, 0.2) is 43.5 Å². The van der Waals surface area contributed by atoms with E-state index in [0.29, 0.717) is 62.5 Å². The maximum absolute atomic E-state index is 12.2. The number of ether oxygens (including phenoxy) is 7. The summed E-state index contributed by atoms with van der Waals surface area (Å²) in [4.78, 5) is 24.1. The van der Waals surface area contributed by atoms with E-state index < -0.39 is 11.9 Å². The summed E-state index contributed by atoms with van der Waals surface area (Å²) in [6.07, 6.45) is 2.65. The van der Waals surface area contributed by atoms with Crippen molar-refractivity contribution < 1.29 is 42.7 Å². The van der Waals surface area contributed by atoms with Gasteiger partial charge in [0.2, 0.25) is 17.2 Å². The van der Waals surface area contributed by atoms with Crippen LogP contribution in [0.3, 0.4) is 0 Å². The molecule has 9 heteroatoms. The molecule has 1 atom stereocenters. The zero-order chi connectivity index (χ0) is 29.7. The molecule has 0 saturated carbocycles. The molecule has 218 valence electrons. The van der Waals surface area contributed by atoms with Gasteiger partial charge in [0.05, 0.1) is 33.0 Å². The Hall–Kier alpha value is -4.14. The molecule has 0 aliphatic rings. The molecule has 0 radical (unpaired) electrons. The van der Waals surface area contributed by atoms with Gasteiger partial charge in [0.25, 0.3) is 0 Å². The van der Waals surface area contributed by atoms with Crippen LogP contribution in [0, 0.1) is 0 Å². The van der Waals surface area contributed by atoms with Crippen molar-refractivity contribution >= 4 is 11.9 Å². The maximum Gasteiger partial charge on any atom is 0.335 e. The minimum Gasteiger partial charge on any atom is -0.490 e. The first-order valence-corrected chi connectivity index (χ1v) is 13.5. The van der Waals surface area contributed by atoms with Gasteiger partial charge >= 0.3 is 11.9 Å². The number of benzene rings is 2. The first-order valence-electron chi connectivity index (χ1n) is 13.5. The van der Waals surface area contributed by atoms with E-state index in [-0.39, 0.29) is 23.2 Å². The number of esters is 2. The lowest BCUT2D eigenvalue weighted by Gasteiger charge is -2.24. The molecule has 0 amide bonds. The van der Waals surface area contributed by atoms with Crippen LogP contribution >= 0.6 is 0 Å². The highest BCUT2D eigenvalue weighted by atomic mass is 16.6. The fraction of sp³-hybridized carbons (Fsp3) is 0.419. The quantitative estimate of drug-likeness (QED) is 0.128. The van der Waals surface area contributed by atoms with E-state index in [0.717, 1.165) is 23.3 Å². The van der Waals surface area contributed by atoms with Gasteiger partial charge in [-0.2, -0.15) is 0 Å². The second-order valence-electron chi connectivity index (χ2n) is 8.35. The predicted octanol–water partition coefficient (Wildman–Crippen LogP) is 6.21. The van der Waals surface area contributed by atoms with Crippen LogP contribution in [-0.4, -0.2) is 45.0 Å². The smallest absolute Gasteiger partial charge is 0.335 e. The molecule has 2 aromatic carbocycles. The average molecular weight is 557 g/mol. The molecular formula is C31H40O9. The summed E-state index contributed by atoms with van der Waals surface area (Å²) >= 11 is 0. The fourth-order valence-electron chi connectivity index (χ4n) is 4.05. The Labute approximate surface area is 236 Å². The van der Waals surface area contributed by atoms with Crippen molar-refractivity contribution in [1.29, 1.82) is 0 Å². The van der Waals surface area contributed by atoms with E-state index in [2.05, 4.69) is 13.2 Å². The van der Waals surface area contributed by atoms with Crippen LogP contribution < -0.4 is 33.2 Å². The molecule has 0 fully saturated rings. The van der Waals surface area contributed by atoms with Gasteiger partial charge in [-0.3, -0.25) is 0 Å². The van der Waals surface area contributed by atoms with Crippen LogP contribution in [-0.2, 0) is 16.0 Å². The van der Waals surface area contributed by atoms with Crippen LogP contribution in [0.5, 0.6) is 40.2 Å². The summed E-state index contributed by atoms with van der Waals surface area (Å²) < 4.78 is 40.7. The van der Waals surface area contributed by atoms with Crippen molar-refractivity contribution in [2.75, 3.05) is 33.0 Å². The van der Waals surface area contributed by atoms with Crippen LogP contribution in [0.2, 0.25) is 0 Å². The third-order valence-electron chi connectivity index (χ3n) is 5.60. The highest BCUT2D eigenvalue weighted by Crippen LogP contribution is 2.50. The average Bonchev–Trinajstić information content (AvgIpc) is 2.94. The largest absolute Gasteiger partial charge is 0.490 e. The van der Waals surface area contributed by atoms with Gasteiger partial charge in [-0.05, 0) is 64.7 Å². The monoisotopic (exact) mass is 556 g/mol. The first kappa shape index (κ1) is 32.1. The normalized spacial score (nSPS) is 11.2. The first-order chi connectivity index (χ1) is 19.3. The number of carbonyl (C=O) groups is 2. The van der Waals surface area contributed by atoms with Crippen molar-refractivity contribution in [2.45, 2.75) is 53.9 Å². The van der Waals surface area contributed by atoms with Crippen LogP contribution in [0.25, 0.3) is 0 Å².